The second kappa shape index (κ2) is 7.64. The topological polar surface area (TPSA) is 41.6 Å². The predicted octanol–water partition coefficient (Wildman–Crippen LogP) is 2.29. The van der Waals surface area contributed by atoms with E-state index in [0.717, 1.165) is 42.7 Å². The van der Waals surface area contributed by atoms with Crippen molar-refractivity contribution in [2.45, 2.75) is 12.8 Å². The van der Waals surface area contributed by atoms with Crippen molar-refractivity contribution in [1.82, 2.24) is 10.2 Å². The maximum Gasteiger partial charge on any atom is 0.260 e. The van der Waals surface area contributed by atoms with Crippen LogP contribution in [0.3, 0.4) is 0 Å². The molecule has 1 N–H and O–H groups in total. The highest BCUT2D eigenvalue weighted by Crippen LogP contribution is 2.19. The first-order valence-electron chi connectivity index (χ1n) is 7.00. The van der Waals surface area contributed by atoms with Crippen LogP contribution in [-0.2, 0) is 4.79 Å². The lowest BCUT2D eigenvalue weighted by molar-refractivity contribution is -0.134. The van der Waals surface area contributed by atoms with Gasteiger partial charge in [0.1, 0.15) is 5.75 Å². The molecule has 0 spiro atoms. The molecule has 1 aromatic carbocycles. The number of rotatable bonds is 5. The van der Waals surface area contributed by atoms with Gasteiger partial charge >= 0.3 is 0 Å². The Kier molecular flexibility index (Phi) is 5.86. The highest BCUT2D eigenvalue weighted by Gasteiger charge is 2.22. The maximum absolute atomic E-state index is 12.1. The molecule has 1 heterocycles. The van der Waals surface area contributed by atoms with Gasteiger partial charge in [-0.05, 0) is 50.6 Å². The lowest BCUT2D eigenvalue weighted by atomic mass is 9.97. The zero-order valence-corrected chi connectivity index (χ0v) is 13.4. The number of benzene rings is 1. The third-order valence-corrected chi connectivity index (χ3v) is 4.11. The first-order valence-corrected chi connectivity index (χ1v) is 7.79. The summed E-state index contributed by atoms with van der Waals surface area (Å²) in [6, 6.07) is 7.55. The molecule has 0 saturated carbocycles. The number of carbonyl (C=O) groups excluding carboxylic acids is 1. The van der Waals surface area contributed by atoms with Crippen molar-refractivity contribution >= 4 is 21.8 Å². The molecule has 0 unspecified atom stereocenters. The first kappa shape index (κ1) is 15.3. The second-order valence-electron chi connectivity index (χ2n) is 5.13. The van der Waals surface area contributed by atoms with Crippen molar-refractivity contribution in [3.63, 3.8) is 0 Å². The highest BCUT2D eigenvalue weighted by atomic mass is 79.9. The monoisotopic (exact) mass is 340 g/mol. The minimum Gasteiger partial charge on any atom is -0.484 e. The van der Waals surface area contributed by atoms with E-state index in [4.69, 9.17) is 4.74 Å². The van der Waals surface area contributed by atoms with E-state index in [9.17, 15) is 4.79 Å². The molecule has 1 aromatic rings. The van der Waals surface area contributed by atoms with Crippen LogP contribution < -0.4 is 10.1 Å². The van der Waals surface area contributed by atoms with Crippen molar-refractivity contribution in [3.8, 4) is 5.75 Å². The first-order chi connectivity index (χ1) is 9.69. The van der Waals surface area contributed by atoms with E-state index in [-0.39, 0.29) is 12.5 Å². The van der Waals surface area contributed by atoms with E-state index in [2.05, 4.69) is 21.2 Å². The summed E-state index contributed by atoms with van der Waals surface area (Å²) in [5.74, 6) is 1.49. The number of nitrogens with zero attached hydrogens (tertiary/aromatic N) is 1. The van der Waals surface area contributed by atoms with E-state index < -0.39 is 0 Å². The largest absolute Gasteiger partial charge is 0.484 e. The van der Waals surface area contributed by atoms with E-state index in [1.54, 1.807) is 0 Å². The Bertz CT molecular complexity index is 445. The van der Waals surface area contributed by atoms with Gasteiger partial charge in [-0.15, -0.1) is 0 Å². The summed E-state index contributed by atoms with van der Waals surface area (Å²) in [7, 11) is 1.98. The summed E-state index contributed by atoms with van der Waals surface area (Å²) in [6.45, 7) is 2.84. The minimum absolute atomic E-state index is 0.0767. The SMILES string of the molecule is CNCC1CCN(C(=O)COc2cccc(Br)c2)CC1. The average Bonchev–Trinajstić information content (AvgIpc) is 2.46. The number of hydrogen-bond donors (Lipinski definition) is 1. The number of halogens is 1. The van der Waals surface area contributed by atoms with Gasteiger partial charge in [0, 0.05) is 17.6 Å². The smallest absolute Gasteiger partial charge is 0.260 e. The Morgan fingerprint density at radius 3 is 2.85 bits per heavy atom. The van der Waals surface area contributed by atoms with Gasteiger partial charge in [-0.25, -0.2) is 0 Å². The van der Waals surface area contributed by atoms with Gasteiger partial charge in [0.15, 0.2) is 6.61 Å². The van der Waals surface area contributed by atoms with Crippen LogP contribution in [-0.4, -0.2) is 44.1 Å². The number of likely N-dealkylation sites (tertiary alicyclic amines) is 1. The van der Waals surface area contributed by atoms with Gasteiger partial charge in [0.25, 0.3) is 5.91 Å². The fourth-order valence-electron chi connectivity index (χ4n) is 2.47. The Balaban J connectivity index is 1.76. The fraction of sp³-hybridized carbons (Fsp3) is 0.533. The van der Waals surface area contributed by atoms with Crippen molar-refractivity contribution < 1.29 is 9.53 Å². The highest BCUT2D eigenvalue weighted by molar-refractivity contribution is 9.10. The third-order valence-electron chi connectivity index (χ3n) is 3.62. The van der Waals surface area contributed by atoms with Gasteiger partial charge in [-0.3, -0.25) is 4.79 Å². The van der Waals surface area contributed by atoms with Crippen LogP contribution in [0.1, 0.15) is 12.8 Å². The molecule has 4 nitrogen and oxygen atoms in total. The van der Waals surface area contributed by atoms with Crippen LogP contribution in [0.2, 0.25) is 0 Å². The second-order valence-corrected chi connectivity index (χ2v) is 6.04. The lowest BCUT2D eigenvalue weighted by Crippen LogP contribution is -2.42. The van der Waals surface area contributed by atoms with Crippen LogP contribution in [0.15, 0.2) is 28.7 Å². The number of nitrogens with one attached hydrogen (secondary N) is 1. The van der Waals surface area contributed by atoms with E-state index in [0.29, 0.717) is 5.92 Å². The molecule has 1 amide bonds. The van der Waals surface area contributed by atoms with Crippen molar-refractivity contribution in [2.24, 2.45) is 5.92 Å². The fourth-order valence-corrected chi connectivity index (χ4v) is 2.85. The van der Waals surface area contributed by atoms with Crippen LogP contribution in [0.5, 0.6) is 5.75 Å². The number of ether oxygens (including phenoxy) is 1. The van der Waals surface area contributed by atoms with Gasteiger partial charge in [0.05, 0.1) is 0 Å². The molecule has 5 heteroatoms. The molecule has 1 aliphatic rings. The number of hydrogen-bond acceptors (Lipinski definition) is 3. The summed E-state index contributed by atoms with van der Waals surface area (Å²) in [6.07, 6.45) is 2.15. The zero-order valence-electron chi connectivity index (χ0n) is 11.8. The van der Waals surface area contributed by atoms with Crippen molar-refractivity contribution in [2.75, 3.05) is 33.3 Å². The molecule has 1 saturated heterocycles. The van der Waals surface area contributed by atoms with Gasteiger partial charge < -0.3 is 15.0 Å². The van der Waals surface area contributed by atoms with E-state index in [1.807, 2.05) is 36.2 Å². The maximum atomic E-state index is 12.1. The molecule has 110 valence electrons. The molecule has 1 fully saturated rings. The molecule has 0 aliphatic carbocycles. The summed E-state index contributed by atoms with van der Waals surface area (Å²) in [4.78, 5) is 14.0. The summed E-state index contributed by atoms with van der Waals surface area (Å²) in [5, 5.41) is 3.20. The van der Waals surface area contributed by atoms with Gasteiger partial charge in [0.2, 0.25) is 0 Å². The molecular weight excluding hydrogens is 320 g/mol. The Morgan fingerprint density at radius 2 is 2.20 bits per heavy atom. The number of carbonyl (C=O) groups is 1. The summed E-state index contributed by atoms with van der Waals surface area (Å²) in [5.41, 5.74) is 0. The average molecular weight is 341 g/mol. The molecule has 0 aromatic heterocycles. The molecule has 0 atom stereocenters. The standard InChI is InChI=1S/C15H21BrN2O2/c1-17-10-12-5-7-18(8-6-12)15(19)11-20-14-4-2-3-13(16)9-14/h2-4,9,12,17H,5-8,10-11H2,1H3. The quantitative estimate of drug-likeness (QED) is 0.894. The van der Waals surface area contributed by atoms with Gasteiger partial charge in [-0.2, -0.15) is 0 Å². The van der Waals surface area contributed by atoms with Crippen LogP contribution in [0.4, 0.5) is 0 Å². The van der Waals surface area contributed by atoms with E-state index in [1.165, 1.54) is 0 Å². The van der Waals surface area contributed by atoms with Crippen molar-refractivity contribution in [1.29, 1.82) is 0 Å². The van der Waals surface area contributed by atoms with Gasteiger partial charge in [-0.1, -0.05) is 22.0 Å². The van der Waals surface area contributed by atoms with Crippen LogP contribution >= 0.6 is 15.9 Å². The summed E-state index contributed by atoms with van der Waals surface area (Å²) < 4.78 is 6.50. The lowest BCUT2D eigenvalue weighted by Gasteiger charge is -2.31. The normalized spacial score (nSPS) is 16.2. The molecule has 2 rings (SSSR count). The summed E-state index contributed by atoms with van der Waals surface area (Å²) >= 11 is 3.39. The molecule has 1 aliphatic heterocycles. The van der Waals surface area contributed by atoms with Crippen molar-refractivity contribution in [3.05, 3.63) is 28.7 Å². The third kappa shape index (κ3) is 4.49. The zero-order chi connectivity index (χ0) is 14.4. The Morgan fingerprint density at radius 1 is 1.45 bits per heavy atom. The predicted molar refractivity (Wildman–Crippen MR) is 82.9 cm³/mol. The van der Waals surface area contributed by atoms with E-state index >= 15 is 0 Å². The Labute approximate surface area is 128 Å². The molecule has 0 bridgehead atoms. The number of amides is 1. The number of piperidine rings is 1. The minimum atomic E-state index is 0.0767. The molecule has 20 heavy (non-hydrogen) atoms. The van der Waals surface area contributed by atoms with Crippen LogP contribution in [0, 0.1) is 5.92 Å². The molecule has 0 radical (unpaired) electrons. The van der Waals surface area contributed by atoms with Crippen LogP contribution in [0.25, 0.3) is 0 Å². The molecular formula is C15H21BrN2O2. The Hall–Kier alpha value is -1.07.